The molecule has 0 saturated carbocycles. The summed E-state index contributed by atoms with van der Waals surface area (Å²) in [7, 11) is 1.62. The van der Waals surface area contributed by atoms with Crippen molar-refractivity contribution in [2.45, 2.75) is 6.92 Å². The number of nitrogens with one attached hydrogen (secondary N) is 1. The van der Waals surface area contributed by atoms with Crippen LogP contribution in [0.5, 0.6) is 0 Å². The van der Waals surface area contributed by atoms with Crippen molar-refractivity contribution in [1.82, 2.24) is 20.2 Å². The van der Waals surface area contributed by atoms with Crippen molar-refractivity contribution in [3.63, 3.8) is 0 Å². The zero-order valence-electron chi connectivity index (χ0n) is 11.2. The van der Waals surface area contributed by atoms with Gasteiger partial charge in [0.2, 0.25) is 0 Å². The van der Waals surface area contributed by atoms with Gasteiger partial charge in [0.15, 0.2) is 0 Å². The first-order valence-electron chi connectivity index (χ1n) is 5.95. The maximum Gasteiger partial charge on any atom is 0.270 e. The highest BCUT2D eigenvalue weighted by Crippen LogP contribution is 2.12. The summed E-state index contributed by atoms with van der Waals surface area (Å²) in [6.07, 6.45) is 0. The predicted molar refractivity (Wildman–Crippen MR) is 73.9 cm³/mol. The van der Waals surface area contributed by atoms with Crippen LogP contribution in [0.2, 0.25) is 0 Å². The van der Waals surface area contributed by atoms with Crippen LogP contribution in [-0.4, -0.2) is 32.7 Å². The maximum absolute atomic E-state index is 12.2. The number of nitrogens with zero attached hydrogens (tertiary/aromatic N) is 4. The van der Waals surface area contributed by atoms with Gasteiger partial charge in [-0.3, -0.25) is 10.1 Å². The molecule has 1 heterocycles. The van der Waals surface area contributed by atoms with E-state index in [9.17, 15) is 4.79 Å². The Hall–Kier alpha value is -2.72. The van der Waals surface area contributed by atoms with E-state index in [0.29, 0.717) is 11.1 Å². The van der Waals surface area contributed by atoms with Crippen molar-refractivity contribution in [2.75, 3.05) is 11.9 Å². The van der Waals surface area contributed by atoms with Crippen LogP contribution in [0, 0.1) is 18.8 Å². The van der Waals surface area contributed by atoms with Crippen molar-refractivity contribution in [3.8, 4) is 11.8 Å². The normalized spacial score (nSPS) is 9.75. The van der Waals surface area contributed by atoms with Crippen LogP contribution in [0.15, 0.2) is 18.2 Å². The lowest BCUT2D eigenvalue weighted by Crippen LogP contribution is -2.15. The SMILES string of the molecule is Cc1ccc(C#CCN)c(C(=O)Nc2nnn(C)n2)c1. The van der Waals surface area contributed by atoms with Gasteiger partial charge in [-0.2, -0.15) is 4.80 Å². The molecule has 0 atom stereocenters. The number of hydrogen-bond acceptors (Lipinski definition) is 5. The third-order valence-electron chi connectivity index (χ3n) is 2.48. The molecular formula is C13H14N6O. The minimum Gasteiger partial charge on any atom is -0.320 e. The Morgan fingerprint density at radius 3 is 2.95 bits per heavy atom. The molecule has 0 aliphatic carbocycles. The molecule has 2 rings (SSSR count). The van der Waals surface area contributed by atoms with Gasteiger partial charge in [0.05, 0.1) is 19.2 Å². The summed E-state index contributed by atoms with van der Waals surface area (Å²) in [5.74, 6) is 5.43. The number of carbonyl (C=O) groups excluding carboxylic acids is 1. The van der Waals surface area contributed by atoms with Crippen LogP contribution in [-0.2, 0) is 7.05 Å². The van der Waals surface area contributed by atoms with Gasteiger partial charge in [0, 0.05) is 5.56 Å². The second-order valence-corrected chi connectivity index (χ2v) is 4.11. The Labute approximate surface area is 116 Å². The summed E-state index contributed by atoms with van der Waals surface area (Å²) in [4.78, 5) is 13.5. The molecule has 0 saturated heterocycles. The van der Waals surface area contributed by atoms with Crippen LogP contribution >= 0.6 is 0 Å². The molecule has 0 fully saturated rings. The molecule has 20 heavy (non-hydrogen) atoms. The molecule has 3 N–H and O–H groups in total. The van der Waals surface area contributed by atoms with Crippen molar-refractivity contribution in [1.29, 1.82) is 0 Å². The Balaban J connectivity index is 2.30. The molecule has 1 amide bonds. The largest absolute Gasteiger partial charge is 0.320 e. The molecule has 0 spiro atoms. The highest BCUT2D eigenvalue weighted by Gasteiger charge is 2.13. The van der Waals surface area contributed by atoms with E-state index in [4.69, 9.17) is 5.73 Å². The zero-order chi connectivity index (χ0) is 14.5. The van der Waals surface area contributed by atoms with Gasteiger partial charge in [0.1, 0.15) is 0 Å². The first-order valence-corrected chi connectivity index (χ1v) is 5.95. The summed E-state index contributed by atoms with van der Waals surface area (Å²) in [5.41, 5.74) is 7.38. The summed E-state index contributed by atoms with van der Waals surface area (Å²) in [6.45, 7) is 2.14. The number of tetrazole rings is 1. The first-order chi connectivity index (χ1) is 9.60. The average molecular weight is 270 g/mol. The summed E-state index contributed by atoms with van der Waals surface area (Å²) >= 11 is 0. The van der Waals surface area contributed by atoms with E-state index < -0.39 is 0 Å². The molecular weight excluding hydrogens is 256 g/mol. The Bertz CT molecular complexity index is 694. The lowest BCUT2D eigenvalue weighted by atomic mass is 10.0. The van der Waals surface area contributed by atoms with Crippen molar-refractivity contribution >= 4 is 11.9 Å². The summed E-state index contributed by atoms with van der Waals surface area (Å²) in [6, 6.07) is 5.43. The molecule has 1 aromatic heterocycles. The van der Waals surface area contributed by atoms with Gasteiger partial charge in [-0.1, -0.05) is 28.6 Å². The molecule has 1 aromatic carbocycles. The minimum absolute atomic E-state index is 0.150. The van der Waals surface area contributed by atoms with Crippen LogP contribution in [0.25, 0.3) is 0 Å². The summed E-state index contributed by atoms with van der Waals surface area (Å²) in [5, 5.41) is 13.8. The quantitative estimate of drug-likeness (QED) is 0.753. The fraction of sp³-hybridized carbons (Fsp3) is 0.231. The van der Waals surface area contributed by atoms with E-state index in [1.807, 2.05) is 13.0 Å². The Morgan fingerprint density at radius 2 is 2.30 bits per heavy atom. The van der Waals surface area contributed by atoms with Gasteiger partial charge in [-0.05, 0) is 24.3 Å². The monoisotopic (exact) mass is 270 g/mol. The van der Waals surface area contributed by atoms with E-state index in [2.05, 4.69) is 32.6 Å². The smallest absolute Gasteiger partial charge is 0.270 e. The highest BCUT2D eigenvalue weighted by atomic mass is 16.1. The van der Waals surface area contributed by atoms with Gasteiger partial charge in [0.25, 0.3) is 11.9 Å². The van der Waals surface area contributed by atoms with E-state index >= 15 is 0 Å². The number of carbonyl (C=O) groups is 1. The topological polar surface area (TPSA) is 98.7 Å². The van der Waals surface area contributed by atoms with Crippen molar-refractivity contribution in [3.05, 3.63) is 34.9 Å². The number of benzene rings is 1. The van der Waals surface area contributed by atoms with Gasteiger partial charge >= 0.3 is 0 Å². The number of nitrogens with two attached hydrogens (primary N) is 1. The first kappa shape index (κ1) is 13.7. The van der Waals surface area contributed by atoms with E-state index in [-0.39, 0.29) is 18.4 Å². The zero-order valence-corrected chi connectivity index (χ0v) is 11.2. The lowest BCUT2D eigenvalue weighted by Gasteiger charge is -2.05. The number of hydrogen-bond donors (Lipinski definition) is 2. The molecule has 7 nitrogen and oxygen atoms in total. The second-order valence-electron chi connectivity index (χ2n) is 4.11. The summed E-state index contributed by atoms with van der Waals surface area (Å²) < 4.78 is 0. The average Bonchev–Trinajstić information content (AvgIpc) is 2.82. The predicted octanol–water partition coefficient (Wildman–Crippen LogP) is 0.0810. The Morgan fingerprint density at radius 1 is 1.50 bits per heavy atom. The molecule has 102 valence electrons. The highest BCUT2D eigenvalue weighted by molar-refractivity contribution is 6.05. The van der Waals surface area contributed by atoms with E-state index in [1.165, 1.54) is 4.80 Å². The molecule has 0 bridgehead atoms. The standard InChI is InChI=1S/C13H14N6O/c1-9-5-6-10(4-3-7-14)11(8-9)12(20)15-13-16-18-19(2)17-13/h5-6,8H,7,14H2,1-2H3,(H,15,17,20). The van der Waals surface area contributed by atoms with Gasteiger partial charge in [-0.25, -0.2) is 0 Å². The minimum atomic E-state index is -0.331. The molecule has 7 heteroatoms. The van der Waals surface area contributed by atoms with Crippen molar-refractivity contribution in [2.24, 2.45) is 12.8 Å². The molecule has 0 aliphatic heterocycles. The fourth-order valence-electron chi connectivity index (χ4n) is 1.60. The van der Waals surface area contributed by atoms with Crippen LogP contribution in [0.3, 0.4) is 0 Å². The number of anilines is 1. The Kier molecular flexibility index (Phi) is 4.08. The molecule has 2 aromatic rings. The van der Waals surface area contributed by atoms with E-state index in [1.54, 1.807) is 19.2 Å². The van der Waals surface area contributed by atoms with Crippen molar-refractivity contribution < 1.29 is 4.79 Å². The van der Waals surface area contributed by atoms with E-state index in [0.717, 1.165) is 5.56 Å². The number of aromatic nitrogens is 4. The fourth-order valence-corrected chi connectivity index (χ4v) is 1.60. The van der Waals surface area contributed by atoms with Gasteiger partial charge < -0.3 is 5.73 Å². The maximum atomic E-state index is 12.2. The third kappa shape index (κ3) is 3.18. The third-order valence-corrected chi connectivity index (χ3v) is 2.48. The number of aryl methyl sites for hydroxylation is 2. The van der Waals surface area contributed by atoms with Crippen LogP contribution in [0.4, 0.5) is 5.95 Å². The van der Waals surface area contributed by atoms with Crippen LogP contribution in [0.1, 0.15) is 21.5 Å². The lowest BCUT2D eigenvalue weighted by molar-refractivity contribution is 0.102. The second kappa shape index (κ2) is 5.95. The molecule has 0 aliphatic rings. The van der Waals surface area contributed by atoms with Crippen LogP contribution < -0.4 is 11.1 Å². The number of rotatable bonds is 2. The van der Waals surface area contributed by atoms with Gasteiger partial charge in [-0.15, -0.1) is 5.10 Å². The molecule has 0 unspecified atom stereocenters. The number of amides is 1. The molecule has 0 radical (unpaired) electrons.